The maximum Gasteiger partial charge on any atom is 0.165 e. The molecule has 2 aromatic carbocycles. The summed E-state index contributed by atoms with van der Waals surface area (Å²) in [6, 6.07) is 8.43. The number of anilines is 2. The molecule has 0 atom stereocenters. The molecule has 0 saturated carbocycles. The van der Waals surface area contributed by atoms with Gasteiger partial charge in [-0.15, -0.1) is 0 Å². The minimum absolute atomic E-state index is 0.0379. The van der Waals surface area contributed by atoms with Crippen LogP contribution in [-0.2, 0) is 4.74 Å². The highest BCUT2D eigenvalue weighted by Gasteiger charge is 2.22. The maximum absolute atomic E-state index is 14.4. The number of aromatic nitrogens is 2. The van der Waals surface area contributed by atoms with Crippen molar-refractivity contribution >= 4 is 34.0 Å². The second-order valence-electron chi connectivity index (χ2n) is 7.62. The van der Waals surface area contributed by atoms with E-state index in [1.54, 1.807) is 32.4 Å². The van der Waals surface area contributed by atoms with Gasteiger partial charge in [-0.05, 0) is 31.0 Å². The molecule has 1 N–H and O–H groups in total. The molecule has 0 radical (unpaired) electrons. The summed E-state index contributed by atoms with van der Waals surface area (Å²) in [5, 5.41) is 3.76. The number of piperidine rings is 1. The Hall–Kier alpha value is -2.68. The molecule has 9 heteroatoms. The van der Waals surface area contributed by atoms with E-state index in [9.17, 15) is 4.39 Å². The number of benzene rings is 2. The fourth-order valence-electron chi connectivity index (χ4n) is 3.79. The lowest BCUT2D eigenvalue weighted by Gasteiger charge is -2.32. The quantitative estimate of drug-likeness (QED) is 0.524. The van der Waals surface area contributed by atoms with Gasteiger partial charge in [-0.2, -0.15) is 0 Å². The van der Waals surface area contributed by atoms with Crippen molar-refractivity contribution in [2.75, 3.05) is 45.8 Å². The van der Waals surface area contributed by atoms with Crippen LogP contribution in [0.4, 0.5) is 15.9 Å². The summed E-state index contributed by atoms with van der Waals surface area (Å²) in [5.41, 5.74) is 0.891. The molecule has 1 aliphatic rings. The van der Waals surface area contributed by atoms with Crippen LogP contribution in [0.3, 0.4) is 0 Å². The molecule has 0 aliphatic carbocycles. The second kappa shape index (κ2) is 10.3. The molecule has 0 bridgehead atoms. The van der Waals surface area contributed by atoms with Crippen LogP contribution < -0.4 is 14.8 Å². The third-order valence-corrected chi connectivity index (χ3v) is 5.86. The van der Waals surface area contributed by atoms with Gasteiger partial charge in [-0.25, -0.2) is 14.4 Å². The average molecular weight is 461 g/mol. The van der Waals surface area contributed by atoms with Gasteiger partial charge >= 0.3 is 0 Å². The van der Waals surface area contributed by atoms with Gasteiger partial charge in [-0.3, -0.25) is 0 Å². The number of nitrogens with zero attached hydrogens (tertiary/aromatic N) is 3. The number of ether oxygens (including phenoxy) is 3. The molecule has 7 nitrogen and oxygen atoms in total. The number of hydrogen-bond donors (Lipinski definition) is 1. The minimum Gasteiger partial charge on any atom is -0.493 e. The molecule has 32 heavy (non-hydrogen) atoms. The third-order valence-electron chi connectivity index (χ3n) is 5.57. The van der Waals surface area contributed by atoms with Crippen LogP contribution in [0.15, 0.2) is 36.7 Å². The lowest BCUT2D eigenvalue weighted by Crippen LogP contribution is -2.39. The number of halogens is 2. The fraction of sp³-hybridized carbons (Fsp3) is 0.391. The van der Waals surface area contributed by atoms with E-state index in [2.05, 4.69) is 20.2 Å². The van der Waals surface area contributed by atoms with E-state index in [0.29, 0.717) is 28.2 Å². The summed E-state index contributed by atoms with van der Waals surface area (Å²) < 4.78 is 31.5. The first-order valence-electron chi connectivity index (χ1n) is 10.5. The number of likely N-dealkylation sites (tertiary alicyclic amines) is 1. The number of rotatable bonds is 8. The predicted octanol–water partition coefficient (Wildman–Crippen LogP) is 4.66. The van der Waals surface area contributed by atoms with Crippen LogP contribution >= 0.6 is 11.6 Å². The van der Waals surface area contributed by atoms with Crippen LogP contribution in [0.5, 0.6) is 11.5 Å². The molecule has 2 heterocycles. The van der Waals surface area contributed by atoms with Gasteiger partial charge in [0.15, 0.2) is 17.3 Å². The molecule has 0 amide bonds. The molecule has 3 aromatic rings. The number of fused-ring (bicyclic) bond motifs is 1. The van der Waals surface area contributed by atoms with Crippen molar-refractivity contribution in [1.82, 2.24) is 14.9 Å². The average Bonchev–Trinajstić information content (AvgIpc) is 2.81. The zero-order chi connectivity index (χ0) is 22.5. The molecule has 1 fully saturated rings. The SMILES string of the molecule is COCCN1CCC(Oc2cc3c(Nc4cccc(Cl)c4F)ncnc3cc2OC)CC1. The normalized spacial score (nSPS) is 15.1. The van der Waals surface area contributed by atoms with E-state index in [1.165, 1.54) is 12.4 Å². The zero-order valence-electron chi connectivity index (χ0n) is 18.1. The Balaban J connectivity index is 1.58. The number of nitrogens with one attached hydrogen (secondary N) is 1. The Kier molecular flexibility index (Phi) is 7.24. The molecule has 1 aromatic heterocycles. The van der Waals surface area contributed by atoms with Gasteiger partial charge < -0.3 is 24.4 Å². The standard InChI is InChI=1S/C23H26ClFN4O3/c1-30-11-10-29-8-6-15(7-9-29)32-21-12-16-19(13-20(21)31-2)26-14-27-23(16)28-18-5-3-4-17(24)22(18)25/h3-5,12-15H,6-11H2,1-2H3,(H,26,27,28). The van der Waals surface area contributed by atoms with Gasteiger partial charge in [0.2, 0.25) is 0 Å². The minimum atomic E-state index is -0.536. The first-order valence-corrected chi connectivity index (χ1v) is 10.9. The fourth-order valence-corrected chi connectivity index (χ4v) is 3.97. The smallest absolute Gasteiger partial charge is 0.165 e. The summed E-state index contributed by atoms with van der Waals surface area (Å²) >= 11 is 5.92. The summed E-state index contributed by atoms with van der Waals surface area (Å²) in [6.45, 7) is 3.56. The molecule has 0 unspecified atom stereocenters. The summed E-state index contributed by atoms with van der Waals surface area (Å²) in [5.74, 6) is 1.13. The highest BCUT2D eigenvalue weighted by Crippen LogP contribution is 2.36. The first kappa shape index (κ1) is 22.5. The van der Waals surface area contributed by atoms with Gasteiger partial charge in [0, 0.05) is 38.2 Å². The van der Waals surface area contributed by atoms with Gasteiger partial charge in [0.05, 0.1) is 29.9 Å². The van der Waals surface area contributed by atoms with Crippen molar-refractivity contribution in [2.24, 2.45) is 0 Å². The van der Waals surface area contributed by atoms with Crippen molar-refractivity contribution in [3.05, 3.63) is 47.5 Å². The molecule has 170 valence electrons. The number of methoxy groups -OCH3 is 2. The highest BCUT2D eigenvalue weighted by atomic mass is 35.5. The lowest BCUT2D eigenvalue weighted by atomic mass is 10.1. The summed E-state index contributed by atoms with van der Waals surface area (Å²) in [4.78, 5) is 11.0. The molecular weight excluding hydrogens is 435 g/mol. The predicted molar refractivity (Wildman–Crippen MR) is 123 cm³/mol. The van der Waals surface area contributed by atoms with E-state index < -0.39 is 5.82 Å². The first-order chi connectivity index (χ1) is 15.6. The summed E-state index contributed by atoms with van der Waals surface area (Å²) in [7, 11) is 3.32. The second-order valence-corrected chi connectivity index (χ2v) is 8.03. The zero-order valence-corrected chi connectivity index (χ0v) is 18.9. The summed E-state index contributed by atoms with van der Waals surface area (Å²) in [6.07, 6.45) is 3.32. The van der Waals surface area contributed by atoms with E-state index in [-0.39, 0.29) is 16.8 Å². The topological polar surface area (TPSA) is 68.7 Å². The molecule has 1 aliphatic heterocycles. The van der Waals surface area contributed by atoms with E-state index >= 15 is 0 Å². The molecule has 4 rings (SSSR count). The maximum atomic E-state index is 14.4. The van der Waals surface area contributed by atoms with E-state index in [1.807, 2.05) is 6.07 Å². The largest absolute Gasteiger partial charge is 0.493 e. The third kappa shape index (κ3) is 5.03. The van der Waals surface area contributed by atoms with Crippen molar-refractivity contribution < 1.29 is 18.6 Å². The monoisotopic (exact) mass is 460 g/mol. The van der Waals surface area contributed by atoms with Crippen LogP contribution in [-0.4, -0.2) is 61.4 Å². The molecule has 1 saturated heterocycles. The van der Waals surface area contributed by atoms with Crippen LogP contribution in [0.2, 0.25) is 5.02 Å². The van der Waals surface area contributed by atoms with Crippen LogP contribution in [0.25, 0.3) is 10.9 Å². The Bertz CT molecular complexity index is 1080. The lowest BCUT2D eigenvalue weighted by molar-refractivity contribution is 0.0782. The Morgan fingerprint density at radius 1 is 1.16 bits per heavy atom. The Morgan fingerprint density at radius 3 is 2.72 bits per heavy atom. The number of hydrogen-bond acceptors (Lipinski definition) is 7. The Labute approximate surface area is 191 Å². The van der Waals surface area contributed by atoms with Crippen LogP contribution in [0, 0.1) is 5.82 Å². The van der Waals surface area contributed by atoms with Crippen LogP contribution in [0.1, 0.15) is 12.8 Å². The van der Waals surface area contributed by atoms with E-state index in [4.69, 9.17) is 25.8 Å². The van der Waals surface area contributed by atoms with Gasteiger partial charge in [0.1, 0.15) is 18.2 Å². The van der Waals surface area contributed by atoms with Gasteiger partial charge in [0.25, 0.3) is 0 Å². The van der Waals surface area contributed by atoms with Crippen molar-refractivity contribution in [2.45, 2.75) is 18.9 Å². The molecule has 0 spiro atoms. The van der Waals surface area contributed by atoms with E-state index in [0.717, 1.165) is 39.1 Å². The molecular formula is C23H26ClFN4O3. The highest BCUT2D eigenvalue weighted by molar-refractivity contribution is 6.31. The van der Waals surface area contributed by atoms with Gasteiger partial charge in [-0.1, -0.05) is 17.7 Å². The van der Waals surface area contributed by atoms with Crippen molar-refractivity contribution in [3.63, 3.8) is 0 Å². The Morgan fingerprint density at radius 2 is 1.97 bits per heavy atom. The van der Waals surface area contributed by atoms with Crippen molar-refractivity contribution in [1.29, 1.82) is 0 Å². The van der Waals surface area contributed by atoms with Crippen molar-refractivity contribution in [3.8, 4) is 11.5 Å².